The maximum absolute atomic E-state index is 11.7. The summed E-state index contributed by atoms with van der Waals surface area (Å²) in [5.74, 6) is 0.949. The van der Waals surface area contributed by atoms with E-state index in [1.165, 1.54) is 19.3 Å². The van der Waals surface area contributed by atoms with Crippen LogP contribution in [-0.2, 0) is 4.79 Å². The molecule has 0 aromatic rings. The molecule has 4 nitrogen and oxygen atoms in total. The Morgan fingerprint density at radius 3 is 2.82 bits per heavy atom. The van der Waals surface area contributed by atoms with Crippen molar-refractivity contribution in [2.45, 2.75) is 32.2 Å². The van der Waals surface area contributed by atoms with Gasteiger partial charge in [-0.1, -0.05) is 6.42 Å². The quantitative estimate of drug-likeness (QED) is 0.780. The van der Waals surface area contributed by atoms with Gasteiger partial charge in [-0.25, -0.2) is 0 Å². The van der Waals surface area contributed by atoms with E-state index in [-0.39, 0.29) is 18.3 Å². The Balaban J connectivity index is 0.00000144. The Labute approximate surface area is 110 Å². The van der Waals surface area contributed by atoms with Gasteiger partial charge in [-0.3, -0.25) is 9.69 Å². The van der Waals surface area contributed by atoms with E-state index in [9.17, 15) is 4.79 Å². The molecule has 1 heterocycles. The van der Waals surface area contributed by atoms with Crippen LogP contribution >= 0.6 is 12.4 Å². The number of piperazine rings is 1. The molecule has 0 spiro atoms. The van der Waals surface area contributed by atoms with E-state index >= 15 is 0 Å². The second kappa shape index (κ2) is 7.19. The van der Waals surface area contributed by atoms with Crippen LogP contribution in [0.5, 0.6) is 0 Å². The third-order valence-corrected chi connectivity index (χ3v) is 3.80. The number of carbonyl (C=O) groups excluding carboxylic acids is 1. The highest BCUT2D eigenvalue weighted by molar-refractivity contribution is 5.85. The van der Waals surface area contributed by atoms with E-state index < -0.39 is 0 Å². The SMILES string of the molecule is C[C@@H]1CNCCN1CC(=O)NCC1CCC1.Cl. The highest BCUT2D eigenvalue weighted by Crippen LogP contribution is 2.25. The first-order valence-electron chi connectivity index (χ1n) is 6.47. The van der Waals surface area contributed by atoms with Gasteiger partial charge in [-0.05, 0) is 25.7 Å². The molecular weight excluding hydrogens is 238 g/mol. The van der Waals surface area contributed by atoms with E-state index in [1.54, 1.807) is 0 Å². The molecule has 1 saturated heterocycles. The molecule has 2 N–H and O–H groups in total. The molecule has 1 saturated carbocycles. The molecule has 1 aliphatic carbocycles. The summed E-state index contributed by atoms with van der Waals surface area (Å²) in [6.07, 6.45) is 3.93. The predicted molar refractivity (Wildman–Crippen MR) is 71.5 cm³/mol. The van der Waals surface area contributed by atoms with E-state index in [0.717, 1.165) is 32.1 Å². The van der Waals surface area contributed by atoms with E-state index in [0.29, 0.717) is 12.6 Å². The zero-order valence-electron chi connectivity index (χ0n) is 10.6. The summed E-state index contributed by atoms with van der Waals surface area (Å²) in [6, 6.07) is 0.475. The second-order valence-electron chi connectivity index (χ2n) is 5.12. The first kappa shape index (κ1) is 14.7. The molecular formula is C12H24ClN3O. The van der Waals surface area contributed by atoms with Gasteiger partial charge in [0.15, 0.2) is 0 Å². The van der Waals surface area contributed by atoms with Gasteiger partial charge in [0, 0.05) is 32.2 Å². The first-order valence-corrected chi connectivity index (χ1v) is 6.47. The number of nitrogens with one attached hydrogen (secondary N) is 2. The summed E-state index contributed by atoms with van der Waals surface area (Å²) in [4.78, 5) is 14.0. The van der Waals surface area contributed by atoms with Crippen molar-refractivity contribution in [2.75, 3.05) is 32.7 Å². The summed E-state index contributed by atoms with van der Waals surface area (Å²) >= 11 is 0. The van der Waals surface area contributed by atoms with Gasteiger partial charge in [0.1, 0.15) is 0 Å². The molecule has 0 aromatic carbocycles. The highest BCUT2D eigenvalue weighted by Gasteiger charge is 2.21. The maximum atomic E-state index is 11.7. The van der Waals surface area contributed by atoms with Gasteiger partial charge < -0.3 is 10.6 Å². The van der Waals surface area contributed by atoms with Crippen molar-refractivity contribution in [1.82, 2.24) is 15.5 Å². The Bertz CT molecular complexity index is 246. The van der Waals surface area contributed by atoms with Crippen molar-refractivity contribution in [2.24, 2.45) is 5.92 Å². The lowest BCUT2D eigenvalue weighted by Gasteiger charge is -2.33. The van der Waals surface area contributed by atoms with Crippen molar-refractivity contribution in [3.05, 3.63) is 0 Å². The van der Waals surface area contributed by atoms with Crippen LogP contribution in [0.3, 0.4) is 0 Å². The van der Waals surface area contributed by atoms with Crippen LogP contribution < -0.4 is 10.6 Å². The number of amides is 1. The average Bonchev–Trinajstić information content (AvgIpc) is 2.19. The van der Waals surface area contributed by atoms with Gasteiger partial charge in [0.05, 0.1) is 6.54 Å². The van der Waals surface area contributed by atoms with Gasteiger partial charge in [-0.2, -0.15) is 0 Å². The Kier molecular flexibility index (Phi) is 6.23. The zero-order chi connectivity index (χ0) is 11.4. The number of halogens is 1. The molecule has 1 aliphatic heterocycles. The lowest BCUT2D eigenvalue weighted by Crippen LogP contribution is -2.53. The fraction of sp³-hybridized carbons (Fsp3) is 0.917. The maximum Gasteiger partial charge on any atom is 0.234 e. The van der Waals surface area contributed by atoms with Gasteiger partial charge in [0.2, 0.25) is 5.91 Å². The molecule has 2 aliphatic rings. The van der Waals surface area contributed by atoms with Crippen molar-refractivity contribution in [1.29, 1.82) is 0 Å². The topological polar surface area (TPSA) is 44.4 Å². The highest BCUT2D eigenvalue weighted by atomic mass is 35.5. The Hall–Kier alpha value is -0.320. The van der Waals surface area contributed by atoms with Crippen LogP contribution in [0.25, 0.3) is 0 Å². The Morgan fingerprint density at radius 1 is 1.47 bits per heavy atom. The minimum atomic E-state index is 0. The minimum absolute atomic E-state index is 0. The summed E-state index contributed by atoms with van der Waals surface area (Å²) in [5, 5.41) is 6.38. The fourth-order valence-corrected chi connectivity index (χ4v) is 2.31. The lowest BCUT2D eigenvalue weighted by atomic mass is 9.85. The molecule has 5 heteroatoms. The van der Waals surface area contributed by atoms with Crippen molar-refractivity contribution >= 4 is 18.3 Å². The second-order valence-corrected chi connectivity index (χ2v) is 5.12. The van der Waals surface area contributed by atoms with Crippen LogP contribution in [0, 0.1) is 5.92 Å². The van der Waals surface area contributed by atoms with Crippen LogP contribution in [0.4, 0.5) is 0 Å². The first-order chi connectivity index (χ1) is 7.75. The molecule has 2 rings (SSSR count). The number of hydrogen-bond acceptors (Lipinski definition) is 3. The molecule has 0 radical (unpaired) electrons. The number of hydrogen-bond donors (Lipinski definition) is 2. The van der Waals surface area contributed by atoms with Crippen molar-refractivity contribution in [3.8, 4) is 0 Å². The van der Waals surface area contributed by atoms with Crippen molar-refractivity contribution < 1.29 is 4.79 Å². The molecule has 0 bridgehead atoms. The zero-order valence-corrected chi connectivity index (χ0v) is 11.4. The van der Waals surface area contributed by atoms with Crippen LogP contribution in [0.2, 0.25) is 0 Å². The predicted octanol–water partition coefficient (Wildman–Crippen LogP) is 0.618. The van der Waals surface area contributed by atoms with E-state index in [4.69, 9.17) is 0 Å². The van der Waals surface area contributed by atoms with Crippen molar-refractivity contribution in [3.63, 3.8) is 0 Å². The molecule has 1 amide bonds. The van der Waals surface area contributed by atoms with Gasteiger partial charge in [0.25, 0.3) is 0 Å². The summed E-state index contributed by atoms with van der Waals surface area (Å²) in [5.41, 5.74) is 0. The van der Waals surface area contributed by atoms with Gasteiger partial charge in [-0.15, -0.1) is 12.4 Å². The number of carbonyl (C=O) groups is 1. The summed E-state index contributed by atoms with van der Waals surface area (Å²) in [6.45, 7) is 6.61. The molecule has 17 heavy (non-hydrogen) atoms. The molecule has 2 fully saturated rings. The summed E-state index contributed by atoms with van der Waals surface area (Å²) < 4.78 is 0. The van der Waals surface area contributed by atoms with Gasteiger partial charge >= 0.3 is 0 Å². The number of nitrogens with zero attached hydrogens (tertiary/aromatic N) is 1. The molecule has 100 valence electrons. The lowest BCUT2D eigenvalue weighted by molar-refractivity contribution is -0.123. The van der Waals surface area contributed by atoms with Crippen LogP contribution in [0.1, 0.15) is 26.2 Å². The minimum Gasteiger partial charge on any atom is -0.355 e. The molecule has 1 atom stereocenters. The Morgan fingerprint density at radius 2 is 2.24 bits per heavy atom. The van der Waals surface area contributed by atoms with E-state index in [2.05, 4.69) is 22.5 Å². The standard InChI is InChI=1S/C12H23N3O.ClH/c1-10-7-13-5-6-15(10)9-12(16)14-8-11-3-2-4-11;/h10-11,13H,2-9H2,1H3,(H,14,16);1H/t10-;/m1./s1. The smallest absolute Gasteiger partial charge is 0.234 e. The largest absolute Gasteiger partial charge is 0.355 e. The third kappa shape index (κ3) is 4.45. The monoisotopic (exact) mass is 261 g/mol. The molecule has 0 unspecified atom stereocenters. The van der Waals surface area contributed by atoms with Crippen LogP contribution in [0.15, 0.2) is 0 Å². The van der Waals surface area contributed by atoms with Crippen LogP contribution in [-0.4, -0.2) is 49.6 Å². The summed E-state index contributed by atoms with van der Waals surface area (Å²) in [7, 11) is 0. The third-order valence-electron chi connectivity index (χ3n) is 3.80. The number of rotatable bonds is 4. The average molecular weight is 262 g/mol. The normalized spacial score (nSPS) is 25.8. The molecule has 0 aromatic heterocycles. The van der Waals surface area contributed by atoms with E-state index in [1.807, 2.05) is 0 Å². The fourth-order valence-electron chi connectivity index (χ4n) is 2.31.